The van der Waals surface area contributed by atoms with Gasteiger partial charge in [0.2, 0.25) is 0 Å². The minimum atomic E-state index is -2.74. The first-order valence-electron chi connectivity index (χ1n) is 6.97. The van der Waals surface area contributed by atoms with E-state index < -0.39 is 11.3 Å². The lowest BCUT2D eigenvalue weighted by molar-refractivity contribution is -0.385. The predicted molar refractivity (Wildman–Crippen MR) is 76.6 cm³/mol. The van der Waals surface area contributed by atoms with E-state index in [1.807, 2.05) is 11.8 Å². The van der Waals surface area contributed by atoms with Gasteiger partial charge >= 0.3 is 0 Å². The summed E-state index contributed by atoms with van der Waals surface area (Å²) in [5.74, 6) is 0.250. The number of rotatable bonds is 4. The molecular formula is C14H19F2N3O2. The number of halogens is 2. The van der Waals surface area contributed by atoms with Gasteiger partial charge in [-0.2, -0.15) is 0 Å². The Hall–Kier alpha value is -1.76. The Labute approximate surface area is 121 Å². The molecule has 1 saturated heterocycles. The maximum atomic E-state index is 13.2. The summed E-state index contributed by atoms with van der Waals surface area (Å²) < 4.78 is 26.4. The summed E-state index contributed by atoms with van der Waals surface area (Å²) in [6, 6.07) is 3.66. The Morgan fingerprint density at radius 1 is 1.48 bits per heavy atom. The number of nitrogens with zero attached hydrogens (tertiary/aromatic N) is 2. The summed E-state index contributed by atoms with van der Waals surface area (Å²) in [5, 5.41) is 10.7. The first kappa shape index (κ1) is 15.6. The molecule has 0 aromatic heterocycles. The van der Waals surface area contributed by atoms with Crippen molar-refractivity contribution in [2.45, 2.75) is 32.2 Å². The highest BCUT2D eigenvalue weighted by Crippen LogP contribution is 2.35. The molecule has 1 aliphatic heterocycles. The molecule has 0 aliphatic carbocycles. The molecule has 0 amide bonds. The van der Waals surface area contributed by atoms with Crippen molar-refractivity contribution in [3.8, 4) is 0 Å². The van der Waals surface area contributed by atoms with Crippen molar-refractivity contribution in [3.05, 3.63) is 33.9 Å². The summed E-state index contributed by atoms with van der Waals surface area (Å²) in [4.78, 5) is 11.9. The van der Waals surface area contributed by atoms with Gasteiger partial charge in [0.05, 0.1) is 4.92 Å². The van der Waals surface area contributed by atoms with Gasteiger partial charge in [-0.3, -0.25) is 10.1 Å². The fourth-order valence-electron chi connectivity index (χ4n) is 2.78. The smallest absolute Gasteiger partial charge is 0.270 e. The molecule has 1 fully saturated rings. The van der Waals surface area contributed by atoms with Crippen LogP contribution in [-0.2, 0) is 0 Å². The molecule has 7 heteroatoms. The average Bonchev–Trinajstić information content (AvgIpc) is 2.46. The Morgan fingerprint density at radius 2 is 2.19 bits per heavy atom. The minimum absolute atomic E-state index is 0.000786. The third kappa shape index (κ3) is 3.47. The Balaban J connectivity index is 2.32. The molecule has 1 aliphatic rings. The third-order valence-electron chi connectivity index (χ3n) is 4.00. The van der Waals surface area contributed by atoms with E-state index in [0.717, 1.165) is 18.9 Å². The van der Waals surface area contributed by atoms with Gasteiger partial charge in [0.15, 0.2) is 0 Å². The minimum Gasteiger partial charge on any atom is -0.371 e. The number of nitrogens with two attached hydrogens (primary N) is 1. The predicted octanol–water partition coefficient (Wildman–Crippen LogP) is 3.10. The Kier molecular flexibility index (Phi) is 4.72. The summed E-state index contributed by atoms with van der Waals surface area (Å²) in [6.45, 7) is 3.19. The number of non-ortho nitro benzene ring substituents is 1. The van der Waals surface area contributed by atoms with E-state index in [-0.39, 0.29) is 23.2 Å². The fraction of sp³-hybridized carbons (Fsp3) is 0.571. The molecule has 1 aromatic carbocycles. The van der Waals surface area contributed by atoms with Crippen LogP contribution in [0.25, 0.3) is 0 Å². The van der Waals surface area contributed by atoms with Gasteiger partial charge in [-0.25, -0.2) is 8.78 Å². The van der Waals surface area contributed by atoms with Gasteiger partial charge < -0.3 is 10.6 Å². The molecule has 21 heavy (non-hydrogen) atoms. The van der Waals surface area contributed by atoms with E-state index in [0.29, 0.717) is 18.8 Å². The van der Waals surface area contributed by atoms with Crippen molar-refractivity contribution >= 4 is 11.4 Å². The van der Waals surface area contributed by atoms with E-state index in [1.165, 1.54) is 12.1 Å². The lowest BCUT2D eigenvalue weighted by Gasteiger charge is -2.37. The normalized spacial score (nSPS) is 20.6. The first-order valence-corrected chi connectivity index (χ1v) is 6.97. The van der Waals surface area contributed by atoms with Gasteiger partial charge in [0, 0.05) is 42.5 Å². The third-order valence-corrected chi connectivity index (χ3v) is 4.00. The zero-order valence-electron chi connectivity index (χ0n) is 11.8. The highest BCUT2D eigenvalue weighted by Gasteiger charge is 2.27. The lowest BCUT2D eigenvalue weighted by Crippen LogP contribution is -2.42. The largest absolute Gasteiger partial charge is 0.371 e. The van der Waals surface area contributed by atoms with Crippen LogP contribution < -0.4 is 10.6 Å². The number of alkyl halides is 2. The van der Waals surface area contributed by atoms with Gasteiger partial charge in [-0.1, -0.05) is 0 Å². The van der Waals surface area contributed by atoms with Crippen LogP contribution >= 0.6 is 0 Å². The number of nitro groups is 1. The topological polar surface area (TPSA) is 72.4 Å². The van der Waals surface area contributed by atoms with Crippen LogP contribution in [-0.4, -0.2) is 24.1 Å². The molecule has 2 N–H and O–H groups in total. The molecule has 0 radical (unpaired) electrons. The highest BCUT2D eigenvalue weighted by molar-refractivity contribution is 5.58. The second-order valence-corrected chi connectivity index (χ2v) is 5.51. The molecule has 1 heterocycles. The van der Waals surface area contributed by atoms with Gasteiger partial charge in [-0.05, 0) is 31.7 Å². The van der Waals surface area contributed by atoms with Crippen LogP contribution in [0, 0.1) is 16.0 Å². The second-order valence-electron chi connectivity index (χ2n) is 5.51. The summed E-state index contributed by atoms with van der Waals surface area (Å²) >= 11 is 0. The Bertz CT molecular complexity index is 523. The summed E-state index contributed by atoms with van der Waals surface area (Å²) in [6.07, 6.45) is -0.882. The molecule has 116 valence electrons. The van der Waals surface area contributed by atoms with Crippen molar-refractivity contribution < 1.29 is 13.7 Å². The van der Waals surface area contributed by atoms with Gasteiger partial charge in [0.1, 0.15) is 0 Å². The van der Waals surface area contributed by atoms with E-state index in [4.69, 9.17) is 5.73 Å². The number of nitro benzene ring substituents is 1. The zero-order chi connectivity index (χ0) is 15.6. The number of anilines is 1. The van der Waals surface area contributed by atoms with Crippen molar-refractivity contribution in [1.29, 1.82) is 0 Å². The zero-order valence-corrected chi connectivity index (χ0v) is 11.8. The monoisotopic (exact) mass is 299 g/mol. The lowest BCUT2D eigenvalue weighted by atomic mass is 9.91. The molecule has 0 saturated carbocycles. The van der Waals surface area contributed by atoms with Crippen molar-refractivity contribution in [2.24, 2.45) is 11.7 Å². The van der Waals surface area contributed by atoms with Crippen molar-refractivity contribution in [2.75, 3.05) is 18.0 Å². The van der Waals surface area contributed by atoms with E-state index >= 15 is 0 Å². The SMILES string of the molecule is CC(N)C1CCCN(c2ccc([N+](=O)[O-])cc2C(F)F)C1. The molecule has 2 unspecified atom stereocenters. The van der Waals surface area contributed by atoms with E-state index in [9.17, 15) is 18.9 Å². The maximum Gasteiger partial charge on any atom is 0.270 e. The van der Waals surface area contributed by atoms with E-state index in [2.05, 4.69) is 0 Å². The van der Waals surface area contributed by atoms with Crippen molar-refractivity contribution in [3.63, 3.8) is 0 Å². The number of benzene rings is 1. The maximum absolute atomic E-state index is 13.2. The molecule has 1 aromatic rings. The molecule has 2 atom stereocenters. The van der Waals surface area contributed by atoms with Crippen molar-refractivity contribution in [1.82, 2.24) is 0 Å². The molecule has 0 bridgehead atoms. The van der Waals surface area contributed by atoms with Crippen LogP contribution in [0.1, 0.15) is 31.8 Å². The number of hydrogen-bond acceptors (Lipinski definition) is 4. The molecular weight excluding hydrogens is 280 g/mol. The Morgan fingerprint density at radius 3 is 2.76 bits per heavy atom. The summed E-state index contributed by atoms with van der Waals surface area (Å²) in [7, 11) is 0. The standard InChI is InChI=1S/C14H19F2N3O2/c1-9(17)10-3-2-6-18(8-10)13-5-4-11(19(20)21)7-12(13)14(15)16/h4-5,7,9-10,14H,2-3,6,8,17H2,1H3. The number of hydrogen-bond donors (Lipinski definition) is 1. The first-order chi connectivity index (χ1) is 9.90. The second kappa shape index (κ2) is 6.34. The quantitative estimate of drug-likeness (QED) is 0.685. The molecule has 0 spiro atoms. The van der Waals surface area contributed by atoms with Crippen LogP contribution in [0.2, 0.25) is 0 Å². The van der Waals surface area contributed by atoms with Crippen LogP contribution in [0.4, 0.5) is 20.2 Å². The van der Waals surface area contributed by atoms with Gasteiger partial charge in [0.25, 0.3) is 12.1 Å². The highest BCUT2D eigenvalue weighted by atomic mass is 19.3. The molecule has 2 rings (SSSR count). The molecule has 5 nitrogen and oxygen atoms in total. The van der Waals surface area contributed by atoms with E-state index in [1.54, 1.807) is 0 Å². The van der Waals surface area contributed by atoms with Crippen LogP contribution in [0.15, 0.2) is 18.2 Å². The van der Waals surface area contributed by atoms with Gasteiger partial charge in [-0.15, -0.1) is 0 Å². The summed E-state index contributed by atoms with van der Waals surface area (Å²) in [5.41, 5.74) is 5.69. The average molecular weight is 299 g/mol. The fourth-order valence-corrected chi connectivity index (χ4v) is 2.78. The van der Waals surface area contributed by atoms with Crippen LogP contribution in [0.3, 0.4) is 0 Å². The number of piperidine rings is 1. The van der Waals surface area contributed by atoms with Crippen LogP contribution in [0.5, 0.6) is 0 Å².